The average Bonchev–Trinajstić information content (AvgIpc) is 2.95. The first kappa shape index (κ1) is 12.8. The molecular formula is C13H24N2O2. The first-order valence-corrected chi connectivity index (χ1v) is 6.76. The van der Waals surface area contributed by atoms with Crippen LogP contribution in [0.5, 0.6) is 0 Å². The Bertz CT molecular complexity index is 275. The molecule has 2 atom stereocenters. The molecule has 4 heteroatoms. The Morgan fingerprint density at radius 2 is 2.12 bits per heavy atom. The highest BCUT2D eigenvalue weighted by atomic mass is 16.3. The molecule has 1 aliphatic carbocycles. The summed E-state index contributed by atoms with van der Waals surface area (Å²) < 4.78 is 0. The molecule has 4 nitrogen and oxygen atoms in total. The molecule has 2 aliphatic rings. The lowest BCUT2D eigenvalue weighted by molar-refractivity contribution is -0.126. The van der Waals surface area contributed by atoms with E-state index in [1.54, 1.807) is 0 Å². The third-order valence-corrected chi connectivity index (χ3v) is 4.49. The molecule has 1 saturated carbocycles. The maximum atomic E-state index is 12.0. The SMILES string of the molecule is C[C@@H]1CNC[C@H]1C(=O)NCC1(CO)CCCC1. The molecule has 0 aromatic rings. The summed E-state index contributed by atoms with van der Waals surface area (Å²) in [6.07, 6.45) is 4.44. The number of carbonyl (C=O) groups excluding carboxylic acids is 1. The van der Waals surface area contributed by atoms with Crippen LogP contribution in [0.4, 0.5) is 0 Å². The number of hydrogen-bond acceptors (Lipinski definition) is 3. The third-order valence-electron chi connectivity index (χ3n) is 4.49. The molecule has 1 amide bonds. The van der Waals surface area contributed by atoms with Crippen molar-refractivity contribution >= 4 is 5.91 Å². The van der Waals surface area contributed by atoms with Crippen LogP contribution in [-0.4, -0.2) is 37.3 Å². The molecule has 98 valence electrons. The van der Waals surface area contributed by atoms with E-state index in [4.69, 9.17) is 0 Å². The van der Waals surface area contributed by atoms with Crippen LogP contribution in [-0.2, 0) is 4.79 Å². The normalized spacial score (nSPS) is 31.6. The lowest BCUT2D eigenvalue weighted by Crippen LogP contribution is -2.42. The summed E-state index contributed by atoms with van der Waals surface area (Å²) >= 11 is 0. The van der Waals surface area contributed by atoms with Gasteiger partial charge in [0.25, 0.3) is 0 Å². The van der Waals surface area contributed by atoms with E-state index < -0.39 is 0 Å². The van der Waals surface area contributed by atoms with Crippen molar-refractivity contribution in [2.45, 2.75) is 32.6 Å². The zero-order valence-corrected chi connectivity index (χ0v) is 10.7. The van der Waals surface area contributed by atoms with Gasteiger partial charge >= 0.3 is 0 Å². The van der Waals surface area contributed by atoms with Crippen molar-refractivity contribution in [3.8, 4) is 0 Å². The molecule has 0 radical (unpaired) electrons. The monoisotopic (exact) mass is 240 g/mol. The highest BCUT2D eigenvalue weighted by Gasteiger charge is 2.35. The van der Waals surface area contributed by atoms with Crippen molar-refractivity contribution in [2.24, 2.45) is 17.3 Å². The maximum Gasteiger partial charge on any atom is 0.224 e. The number of amides is 1. The van der Waals surface area contributed by atoms with E-state index in [0.29, 0.717) is 12.5 Å². The second-order valence-electron chi connectivity index (χ2n) is 5.83. The van der Waals surface area contributed by atoms with Gasteiger partial charge in [-0.05, 0) is 25.3 Å². The minimum Gasteiger partial charge on any atom is -0.396 e. The van der Waals surface area contributed by atoms with Crippen molar-refractivity contribution in [1.82, 2.24) is 10.6 Å². The number of rotatable bonds is 4. The maximum absolute atomic E-state index is 12.0. The van der Waals surface area contributed by atoms with Gasteiger partial charge in [-0.25, -0.2) is 0 Å². The Kier molecular flexibility index (Phi) is 4.05. The van der Waals surface area contributed by atoms with Crippen LogP contribution in [0.15, 0.2) is 0 Å². The summed E-state index contributed by atoms with van der Waals surface area (Å²) in [4.78, 5) is 12.0. The Morgan fingerprint density at radius 1 is 1.41 bits per heavy atom. The number of hydrogen-bond donors (Lipinski definition) is 3. The molecule has 0 aromatic heterocycles. The fourth-order valence-corrected chi connectivity index (χ4v) is 3.08. The fraction of sp³-hybridized carbons (Fsp3) is 0.923. The molecule has 1 aliphatic heterocycles. The molecule has 1 saturated heterocycles. The molecule has 0 bridgehead atoms. The zero-order valence-electron chi connectivity index (χ0n) is 10.7. The van der Waals surface area contributed by atoms with E-state index in [2.05, 4.69) is 17.6 Å². The van der Waals surface area contributed by atoms with Crippen LogP contribution in [0.2, 0.25) is 0 Å². The number of aliphatic hydroxyl groups is 1. The first-order valence-electron chi connectivity index (χ1n) is 6.76. The predicted octanol–water partition coefficient (Wildman–Crippen LogP) is 0.511. The average molecular weight is 240 g/mol. The minimum atomic E-state index is -0.0368. The van der Waals surface area contributed by atoms with E-state index in [1.807, 2.05) is 0 Å². The van der Waals surface area contributed by atoms with Crippen LogP contribution in [0.3, 0.4) is 0 Å². The van der Waals surface area contributed by atoms with Crippen LogP contribution in [0.25, 0.3) is 0 Å². The second-order valence-corrected chi connectivity index (χ2v) is 5.83. The number of aliphatic hydroxyl groups excluding tert-OH is 1. The summed E-state index contributed by atoms with van der Waals surface area (Å²) in [5.41, 5.74) is -0.0368. The lowest BCUT2D eigenvalue weighted by atomic mass is 9.87. The third kappa shape index (κ3) is 2.80. The van der Waals surface area contributed by atoms with Crippen molar-refractivity contribution < 1.29 is 9.90 Å². The smallest absolute Gasteiger partial charge is 0.224 e. The summed E-state index contributed by atoms with van der Waals surface area (Å²) in [7, 11) is 0. The molecule has 0 spiro atoms. The molecule has 3 N–H and O–H groups in total. The van der Waals surface area contributed by atoms with Crippen molar-refractivity contribution in [2.75, 3.05) is 26.2 Å². The molecule has 0 aromatic carbocycles. The van der Waals surface area contributed by atoms with Gasteiger partial charge in [-0.15, -0.1) is 0 Å². The van der Waals surface area contributed by atoms with Crippen molar-refractivity contribution in [3.05, 3.63) is 0 Å². The predicted molar refractivity (Wildman–Crippen MR) is 66.5 cm³/mol. The van der Waals surface area contributed by atoms with Crippen molar-refractivity contribution in [3.63, 3.8) is 0 Å². The second kappa shape index (κ2) is 5.36. The van der Waals surface area contributed by atoms with Gasteiger partial charge < -0.3 is 15.7 Å². The Hall–Kier alpha value is -0.610. The largest absolute Gasteiger partial charge is 0.396 e. The number of nitrogens with one attached hydrogen (secondary N) is 2. The zero-order chi connectivity index (χ0) is 12.3. The molecule has 2 fully saturated rings. The van der Waals surface area contributed by atoms with Gasteiger partial charge in [0.1, 0.15) is 0 Å². The van der Waals surface area contributed by atoms with E-state index in [-0.39, 0.29) is 23.8 Å². The number of carbonyl (C=O) groups is 1. The van der Waals surface area contributed by atoms with Crippen LogP contribution >= 0.6 is 0 Å². The summed E-state index contributed by atoms with van der Waals surface area (Å²) in [6, 6.07) is 0. The first-order chi connectivity index (χ1) is 8.17. The highest BCUT2D eigenvalue weighted by molar-refractivity contribution is 5.79. The quantitative estimate of drug-likeness (QED) is 0.671. The van der Waals surface area contributed by atoms with Gasteiger partial charge in [0.2, 0.25) is 5.91 Å². The summed E-state index contributed by atoms with van der Waals surface area (Å²) in [6.45, 7) is 4.68. The molecule has 2 rings (SSSR count). The molecular weight excluding hydrogens is 216 g/mol. The van der Waals surface area contributed by atoms with Gasteiger partial charge in [0.05, 0.1) is 12.5 Å². The van der Waals surface area contributed by atoms with E-state index in [0.717, 1.165) is 25.9 Å². The van der Waals surface area contributed by atoms with Gasteiger partial charge in [-0.2, -0.15) is 0 Å². The van der Waals surface area contributed by atoms with Crippen LogP contribution in [0.1, 0.15) is 32.6 Å². The lowest BCUT2D eigenvalue weighted by Gasteiger charge is -2.27. The Balaban J connectivity index is 1.82. The molecule has 0 unspecified atom stereocenters. The summed E-state index contributed by atoms with van der Waals surface area (Å²) in [5, 5.41) is 15.8. The highest BCUT2D eigenvalue weighted by Crippen LogP contribution is 2.37. The molecule has 1 heterocycles. The summed E-state index contributed by atoms with van der Waals surface area (Å²) in [5.74, 6) is 0.679. The van der Waals surface area contributed by atoms with Crippen LogP contribution in [0, 0.1) is 17.3 Å². The topological polar surface area (TPSA) is 61.4 Å². The minimum absolute atomic E-state index is 0.0368. The standard InChI is InChI=1S/C13H24N2O2/c1-10-6-14-7-11(10)12(17)15-8-13(9-16)4-2-3-5-13/h10-11,14,16H,2-9H2,1H3,(H,15,17)/t10-,11-/m1/s1. The van der Waals surface area contributed by atoms with Gasteiger partial charge in [-0.3, -0.25) is 4.79 Å². The Morgan fingerprint density at radius 3 is 2.65 bits per heavy atom. The van der Waals surface area contributed by atoms with E-state index in [1.165, 1.54) is 12.8 Å². The van der Waals surface area contributed by atoms with Gasteiger partial charge in [0, 0.05) is 18.5 Å². The Labute approximate surface area is 103 Å². The van der Waals surface area contributed by atoms with E-state index >= 15 is 0 Å². The van der Waals surface area contributed by atoms with Crippen LogP contribution < -0.4 is 10.6 Å². The molecule has 17 heavy (non-hydrogen) atoms. The van der Waals surface area contributed by atoms with Crippen molar-refractivity contribution in [1.29, 1.82) is 0 Å². The van der Waals surface area contributed by atoms with Gasteiger partial charge in [-0.1, -0.05) is 19.8 Å². The van der Waals surface area contributed by atoms with E-state index in [9.17, 15) is 9.90 Å². The van der Waals surface area contributed by atoms with Gasteiger partial charge in [0.15, 0.2) is 0 Å². The fourth-order valence-electron chi connectivity index (χ4n) is 3.08.